The Labute approximate surface area is 164 Å². The van der Waals surface area contributed by atoms with Crippen LogP contribution in [0.2, 0.25) is 0 Å². The summed E-state index contributed by atoms with van der Waals surface area (Å²) in [7, 11) is 1.65. The quantitative estimate of drug-likeness (QED) is 0.420. The molecule has 28 heavy (non-hydrogen) atoms. The Balaban J connectivity index is 1.54. The molecule has 0 saturated carbocycles. The number of methoxy groups -OCH3 is 1. The molecular formula is C23H23N3O2. The summed E-state index contributed by atoms with van der Waals surface area (Å²) in [6.07, 6.45) is 3.27. The van der Waals surface area contributed by atoms with Gasteiger partial charge in [-0.2, -0.15) is 0 Å². The second-order valence-corrected chi connectivity index (χ2v) is 6.24. The van der Waals surface area contributed by atoms with Gasteiger partial charge < -0.3 is 21.1 Å². The number of para-hydroxylation sites is 2. The van der Waals surface area contributed by atoms with Gasteiger partial charge in [-0.3, -0.25) is 4.79 Å². The maximum atomic E-state index is 12.0. The number of carbonyl (C=O) groups excluding carboxylic acids is 1. The van der Waals surface area contributed by atoms with Crippen molar-refractivity contribution in [1.29, 1.82) is 0 Å². The Morgan fingerprint density at radius 3 is 2.57 bits per heavy atom. The number of hydrogen-bond acceptors (Lipinski definition) is 4. The van der Waals surface area contributed by atoms with E-state index in [1.807, 2.05) is 60.7 Å². The van der Waals surface area contributed by atoms with E-state index in [4.69, 9.17) is 10.5 Å². The summed E-state index contributed by atoms with van der Waals surface area (Å²) in [5.41, 5.74) is 10.1. The number of carbonyl (C=O) groups is 1. The normalized spacial score (nSPS) is 10.6. The Kier molecular flexibility index (Phi) is 6.31. The van der Waals surface area contributed by atoms with Crippen LogP contribution in [-0.2, 0) is 11.3 Å². The molecule has 0 heterocycles. The lowest BCUT2D eigenvalue weighted by Gasteiger charge is -2.08. The molecule has 5 heteroatoms. The molecule has 142 valence electrons. The number of benzene rings is 3. The third-order valence-corrected chi connectivity index (χ3v) is 4.19. The largest absolute Gasteiger partial charge is 0.497 e. The first-order valence-corrected chi connectivity index (χ1v) is 8.94. The highest BCUT2D eigenvalue weighted by molar-refractivity contribution is 6.03. The maximum absolute atomic E-state index is 12.0. The average molecular weight is 373 g/mol. The SMILES string of the molecule is COc1cccc(NCc2ccc(/C=C/C(=O)Nc3ccccc3N)cc2)c1. The Morgan fingerprint density at radius 2 is 1.82 bits per heavy atom. The van der Waals surface area contributed by atoms with Gasteiger partial charge in [-0.15, -0.1) is 0 Å². The van der Waals surface area contributed by atoms with E-state index >= 15 is 0 Å². The van der Waals surface area contributed by atoms with E-state index in [-0.39, 0.29) is 5.91 Å². The van der Waals surface area contributed by atoms with Crippen molar-refractivity contribution < 1.29 is 9.53 Å². The first-order valence-electron chi connectivity index (χ1n) is 8.94. The number of nitrogens with two attached hydrogens (primary N) is 1. The molecule has 0 unspecified atom stereocenters. The van der Waals surface area contributed by atoms with E-state index in [1.54, 1.807) is 25.3 Å². The van der Waals surface area contributed by atoms with E-state index in [2.05, 4.69) is 10.6 Å². The van der Waals surface area contributed by atoms with Gasteiger partial charge in [0.25, 0.3) is 0 Å². The number of rotatable bonds is 7. The molecule has 0 fully saturated rings. The summed E-state index contributed by atoms with van der Waals surface area (Å²) in [6.45, 7) is 0.699. The number of anilines is 3. The van der Waals surface area contributed by atoms with E-state index in [0.717, 1.165) is 22.6 Å². The van der Waals surface area contributed by atoms with Crippen molar-refractivity contribution in [2.75, 3.05) is 23.5 Å². The highest BCUT2D eigenvalue weighted by Gasteiger charge is 2.01. The zero-order valence-electron chi connectivity index (χ0n) is 15.7. The van der Waals surface area contributed by atoms with Gasteiger partial charge in [-0.05, 0) is 41.5 Å². The van der Waals surface area contributed by atoms with Crippen LogP contribution in [0.5, 0.6) is 5.75 Å². The lowest BCUT2D eigenvalue weighted by Crippen LogP contribution is -2.09. The molecule has 1 amide bonds. The van der Waals surface area contributed by atoms with Gasteiger partial charge >= 0.3 is 0 Å². The first-order chi connectivity index (χ1) is 13.6. The smallest absolute Gasteiger partial charge is 0.248 e. The maximum Gasteiger partial charge on any atom is 0.248 e. The van der Waals surface area contributed by atoms with Crippen molar-refractivity contribution in [2.45, 2.75) is 6.54 Å². The van der Waals surface area contributed by atoms with Gasteiger partial charge in [0.1, 0.15) is 5.75 Å². The number of nitrogen functional groups attached to an aromatic ring is 1. The fourth-order valence-electron chi connectivity index (χ4n) is 2.64. The lowest BCUT2D eigenvalue weighted by molar-refractivity contribution is -0.111. The monoisotopic (exact) mass is 373 g/mol. The molecule has 3 aromatic rings. The van der Waals surface area contributed by atoms with Crippen molar-refractivity contribution in [3.8, 4) is 5.75 Å². The molecule has 0 radical (unpaired) electrons. The van der Waals surface area contributed by atoms with Crippen LogP contribution in [-0.4, -0.2) is 13.0 Å². The van der Waals surface area contributed by atoms with Crippen LogP contribution in [0, 0.1) is 0 Å². The summed E-state index contributed by atoms with van der Waals surface area (Å²) < 4.78 is 5.23. The van der Waals surface area contributed by atoms with Crippen molar-refractivity contribution >= 4 is 29.0 Å². The molecule has 0 aliphatic carbocycles. The zero-order chi connectivity index (χ0) is 19.8. The van der Waals surface area contributed by atoms with Gasteiger partial charge in [0, 0.05) is 24.4 Å². The summed E-state index contributed by atoms with van der Waals surface area (Å²) in [6, 6.07) is 23.0. The average Bonchev–Trinajstić information content (AvgIpc) is 2.73. The molecule has 0 aromatic heterocycles. The number of nitrogens with one attached hydrogen (secondary N) is 2. The summed E-state index contributed by atoms with van der Waals surface area (Å²) in [5, 5.41) is 6.13. The van der Waals surface area contributed by atoms with E-state index in [9.17, 15) is 4.79 Å². The van der Waals surface area contributed by atoms with Crippen LogP contribution in [0.15, 0.2) is 78.9 Å². The summed E-state index contributed by atoms with van der Waals surface area (Å²) in [5.74, 6) is 0.600. The molecule has 3 aromatic carbocycles. The van der Waals surface area contributed by atoms with Gasteiger partial charge in [-0.1, -0.05) is 42.5 Å². The topological polar surface area (TPSA) is 76.4 Å². The van der Waals surface area contributed by atoms with Crippen molar-refractivity contribution in [3.05, 3.63) is 90.0 Å². The van der Waals surface area contributed by atoms with Crippen molar-refractivity contribution in [3.63, 3.8) is 0 Å². The Morgan fingerprint density at radius 1 is 1.04 bits per heavy atom. The zero-order valence-corrected chi connectivity index (χ0v) is 15.7. The molecule has 5 nitrogen and oxygen atoms in total. The van der Waals surface area contributed by atoms with E-state index < -0.39 is 0 Å². The van der Waals surface area contributed by atoms with Crippen LogP contribution < -0.4 is 21.1 Å². The minimum Gasteiger partial charge on any atom is -0.497 e. The highest BCUT2D eigenvalue weighted by atomic mass is 16.5. The van der Waals surface area contributed by atoms with Gasteiger partial charge in [0.2, 0.25) is 5.91 Å². The van der Waals surface area contributed by atoms with Crippen molar-refractivity contribution in [2.24, 2.45) is 0 Å². The predicted molar refractivity (Wildman–Crippen MR) is 115 cm³/mol. The minimum atomic E-state index is -0.221. The second kappa shape index (κ2) is 9.28. The molecular weight excluding hydrogens is 350 g/mol. The van der Waals surface area contributed by atoms with E-state index in [1.165, 1.54) is 6.08 Å². The van der Waals surface area contributed by atoms with Gasteiger partial charge in [0.15, 0.2) is 0 Å². The Hall–Kier alpha value is -3.73. The molecule has 0 bridgehead atoms. The highest BCUT2D eigenvalue weighted by Crippen LogP contribution is 2.18. The fourth-order valence-corrected chi connectivity index (χ4v) is 2.64. The fraction of sp³-hybridized carbons (Fsp3) is 0.0870. The van der Waals surface area contributed by atoms with Crippen LogP contribution in [0.3, 0.4) is 0 Å². The molecule has 0 saturated heterocycles. The summed E-state index contributed by atoms with van der Waals surface area (Å²) in [4.78, 5) is 12.0. The standard InChI is InChI=1S/C23H23N3O2/c1-28-20-6-4-5-19(15-20)25-16-18-11-9-17(10-12-18)13-14-23(27)26-22-8-3-2-7-21(22)24/h2-15,25H,16,24H2,1H3,(H,26,27)/b14-13+. The molecule has 4 N–H and O–H groups in total. The molecule has 0 spiro atoms. The number of hydrogen-bond donors (Lipinski definition) is 3. The van der Waals surface area contributed by atoms with Crippen LogP contribution >= 0.6 is 0 Å². The third kappa shape index (κ3) is 5.38. The predicted octanol–water partition coefficient (Wildman–Crippen LogP) is 4.54. The van der Waals surface area contributed by atoms with Crippen LogP contribution in [0.1, 0.15) is 11.1 Å². The summed E-state index contributed by atoms with van der Waals surface area (Å²) >= 11 is 0. The number of ether oxygens (including phenoxy) is 1. The number of amides is 1. The van der Waals surface area contributed by atoms with Crippen LogP contribution in [0.25, 0.3) is 6.08 Å². The van der Waals surface area contributed by atoms with Crippen molar-refractivity contribution in [1.82, 2.24) is 0 Å². The molecule has 0 aliphatic rings. The van der Waals surface area contributed by atoms with Gasteiger partial charge in [0.05, 0.1) is 18.5 Å². The lowest BCUT2D eigenvalue weighted by atomic mass is 10.1. The molecule has 3 rings (SSSR count). The second-order valence-electron chi connectivity index (χ2n) is 6.24. The molecule has 0 atom stereocenters. The van der Waals surface area contributed by atoms with E-state index in [0.29, 0.717) is 17.9 Å². The molecule has 0 aliphatic heterocycles. The minimum absolute atomic E-state index is 0.221. The van der Waals surface area contributed by atoms with Gasteiger partial charge in [-0.25, -0.2) is 0 Å². The third-order valence-electron chi connectivity index (χ3n) is 4.19. The van der Waals surface area contributed by atoms with Crippen LogP contribution in [0.4, 0.5) is 17.1 Å². The Bertz CT molecular complexity index is 966. The first kappa shape index (κ1) is 19.0.